The Hall–Kier alpha value is -2.30. The second-order valence-corrected chi connectivity index (χ2v) is 5.34. The van der Waals surface area contributed by atoms with Crippen LogP contribution in [0.15, 0.2) is 6.07 Å². The summed E-state index contributed by atoms with van der Waals surface area (Å²) in [6, 6.07) is 0.0392. The third-order valence-corrected chi connectivity index (χ3v) is 3.33. The second-order valence-electron chi connectivity index (χ2n) is 5.34. The van der Waals surface area contributed by atoms with E-state index < -0.39 is 49.0 Å². The summed E-state index contributed by atoms with van der Waals surface area (Å²) in [4.78, 5) is 14.7. The fourth-order valence-electron chi connectivity index (χ4n) is 2.38. The van der Waals surface area contributed by atoms with Gasteiger partial charge in [0.25, 0.3) is 0 Å². The zero-order valence-corrected chi connectivity index (χ0v) is 12.6. The Morgan fingerprint density at radius 3 is 2.52 bits per heavy atom. The van der Waals surface area contributed by atoms with Gasteiger partial charge in [-0.25, -0.2) is 9.78 Å². The zero-order chi connectivity index (χ0) is 19.0. The van der Waals surface area contributed by atoms with Crippen molar-refractivity contribution in [3.05, 3.63) is 27.9 Å². The van der Waals surface area contributed by atoms with Crippen LogP contribution in [0, 0.1) is 6.92 Å². The van der Waals surface area contributed by atoms with E-state index in [0.717, 1.165) is 6.07 Å². The molecule has 25 heavy (non-hydrogen) atoms. The smallest absolute Gasteiger partial charge is 0.477 e. The van der Waals surface area contributed by atoms with Crippen molar-refractivity contribution in [3.63, 3.8) is 0 Å². The SMILES string of the molecule is Cc1cc(C(=O)O)nc2c1=CC(NCC(F)(F)F)CC=2OC(F)(F)F. The number of hydrogen-bond acceptors (Lipinski definition) is 4. The summed E-state index contributed by atoms with van der Waals surface area (Å²) in [6.07, 6.45) is -8.91. The first-order chi connectivity index (χ1) is 11.4. The number of aryl methyl sites for hydroxylation is 1. The number of nitrogens with one attached hydrogen (secondary N) is 1. The minimum Gasteiger partial charge on any atom is -0.477 e. The number of carbonyl (C=O) groups is 1. The molecule has 1 heterocycles. The highest BCUT2D eigenvalue weighted by atomic mass is 19.4. The Morgan fingerprint density at radius 1 is 1.36 bits per heavy atom. The van der Waals surface area contributed by atoms with E-state index in [0.29, 0.717) is 0 Å². The summed E-state index contributed by atoms with van der Waals surface area (Å²) in [5.41, 5.74) is -0.237. The van der Waals surface area contributed by atoms with Gasteiger partial charge in [0.05, 0.1) is 6.54 Å². The number of halogens is 6. The quantitative estimate of drug-likeness (QED) is 0.785. The Morgan fingerprint density at radius 2 is 2.00 bits per heavy atom. The van der Waals surface area contributed by atoms with Gasteiger partial charge in [-0.1, -0.05) is 6.08 Å². The molecule has 1 aliphatic rings. The molecule has 138 valence electrons. The van der Waals surface area contributed by atoms with Crippen LogP contribution in [-0.2, 0) is 4.74 Å². The highest BCUT2D eigenvalue weighted by Gasteiger charge is 2.35. The van der Waals surface area contributed by atoms with Gasteiger partial charge in [0, 0.05) is 17.7 Å². The van der Waals surface area contributed by atoms with E-state index in [9.17, 15) is 31.1 Å². The highest BCUT2D eigenvalue weighted by Crippen LogP contribution is 2.24. The fourth-order valence-corrected chi connectivity index (χ4v) is 2.38. The second kappa shape index (κ2) is 6.54. The van der Waals surface area contributed by atoms with Gasteiger partial charge in [0.1, 0.15) is 16.8 Å². The largest absolute Gasteiger partial charge is 0.572 e. The number of aromatic carboxylic acids is 1. The van der Waals surface area contributed by atoms with E-state index in [1.165, 1.54) is 13.0 Å². The van der Waals surface area contributed by atoms with Crippen molar-refractivity contribution >= 4 is 17.8 Å². The lowest BCUT2D eigenvalue weighted by molar-refractivity contribution is -0.292. The van der Waals surface area contributed by atoms with Gasteiger partial charge >= 0.3 is 18.5 Å². The molecular weight excluding hydrogens is 358 g/mol. The maximum absolute atomic E-state index is 12.6. The summed E-state index contributed by atoms with van der Waals surface area (Å²) in [5, 5.41) is 10.8. The molecule has 0 saturated heterocycles. The van der Waals surface area contributed by atoms with E-state index >= 15 is 0 Å². The number of aromatic nitrogens is 1. The number of ether oxygens (including phenoxy) is 1. The molecule has 0 fully saturated rings. The third-order valence-electron chi connectivity index (χ3n) is 3.33. The molecule has 0 saturated carbocycles. The molecule has 5 nitrogen and oxygen atoms in total. The summed E-state index contributed by atoms with van der Waals surface area (Å²) < 4.78 is 78.6. The van der Waals surface area contributed by atoms with Crippen LogP contribution in [0.2, 0.25) is 0 Å². The molecule has 1 unspecified atom stereocenters. The first kappa shape index (κ1) is 19.0. The monoisotopic (exact) mass is 370 g/mol. The van der Waals surface area contributed by atoms with Gasteiger partial charge in [-0.15, -0.1) is 13.2 Å². The van der Waals surface area contributed by atoms with Crippen molar-refractivity contribution in [2.45, 2.75) is 31.9 Å². The van der Waals surface area contributed by atoms with E-state index in [1.54, 1.807) is 0 Å². The molecular formula is C14H12F6N2O3. The number of pyridine rings is 1. The van der Waals surface area contributed by atoms with Crippen LogP contribution in [0.25, 0.3) is 11.8 Å². The van der Waals surface area contributed by atoms with E-state index in [1.807, 2.05) is 0 Å². The van der Waals surface area contributed by atoms with Gasteiger partial charge in [-0.2, -0.15) is 13.2 Å². The van der Waals surface area contributed by atoms with Crippen molar-refractivity contribution in [2.24, 2.45) is 0 Å². The van der Waals surface area contributed by atoms with Gasteiger partial charge in [-0.05, 0) is 18.6 Å². The van der Waals surface area contributed by atoms with E-state index in [2.05, 4.69) is 15.0 Å². The summed E-state index contributed by atoms with van der Waals surface area (Å²) in [6.45, 7) is 0.0171. The number of nitrogens with zero attached hydrogens (tertiary/aromatic N) is 1. The van der Waals surface area contributed by atoms with Crippen LogP contribution in [-0.4, -0.2) is 41.2 Å². The molecule has 11 heteroatoms. The summed E-state index contributed by atoms with van der Waals surface area (Å²) >= 11 is 0. The van der Waals surface area contributed by atoms with Crippen LogP contribution >= 0.6 is 0 Å². The Kier molecular flexibility index (Phi) is 4.98. The molecule has 0 aliphatic heterocycles. The molecule has 1 aliphatic carbocycles. The Bertz CT molecular complexity index is 801. The predicted molar refractivity (Wildman–Crippen MR) is 72.7 cm³/mol. The number of fused-ring (bicyclic) bond motifs is 1. The molecule has 2 N–H and O–H groups in total. The first-order valence-corrected chi connectivity index (χ1v) is 6.87. The maximum atomic E-state index is 12.6. The standard InChI is InChI=1S/C14H12F6N2O3/c1-6-2-9(12(23)24)22-11-8(6)3-7(21-5-13(15,16)17)4-10(11)25-14(18,19)20/h2-3,7,21H,4-5H2,1H3,(H,23,24). The minimum atomic E-state index is -5.09. The van der Waals surface area contributed by atoms with Crippen LogP contribution in [0.3, 0.4) is 0 Å². The molecule has 1 aromatic rings. The molecule has 1 aromatic heterocycles. The number of carboxylic acids is 1. The summed E-state index contributed by atoms with van der Waals surface area (Å²) in [5.74, 6) is -2.19. The van der Waals surface area contributed by atoms with Crippen molar-refractivity contribution in [2.75, 3.05) is 6.54 Å². The fraction of sp³-hybridized carbons (Fsp3) is 0.429. The molecule has 1 atom stereocenters. The van der Waals surface area contributed by atoms with E-state index in [4.69, 9.17) is 5.11 Å². The lowest BCUT2D eigenvalue weighted by Crippen LogP contribution is -2.46. The normalized spacial score (nSPS) is 17.7. The third kappa shape index (κ3) is 5.08. The minimum absolute atomic E-state index is 0.0928. The lowest BCUT2D eigenvalue weighted by Gasteiger charge is -2.23. The molecule has 0 amide bonds. The van der Waals surface area contributed by atoms with Crippen LogP contribution in [0.1, 0.15) is 22.5 Å². The molecule has 2 rings (SSSR count). The molecule has 0 radical (unpaired) electrons. The van der Waals surface area contributed by atoms with Gasteiger partial charge in [-0.3, -0.25) is 0 Å². The van der Waals surface area contributed by atoms with Gasteiger partial charge < -0.3 is 15.2 Å². The average molecular weight is 370 g/mol. The number of carboxylic acid groups (broad SMARTS) is 1. The lowest BCUT2D eigenvalue weighted by atomic mass is 10.0. The number of hydrogen-bond donors (Lipinski definition) is 2. The van der Waals surface area contributed by atoms with Gasteiger partial charge in [0.15, 0.2) is 0 Å². The van der Waals surface area contributed by atoms with Crippen molar-refractivity contribution < 1.29 is 41.0 Å². The number of alkyl halides is 6. The highest BCUT2D eigenvalue weighted by molar-refractivity contribution is 5.85. The van der Waals surface area contributed by atoms with Crippen molar-refractivity contribution in [1.82, 2.24) is 10.3 Å². The van der Waals surface area contributed by atoms with Crippen molar-refractivity contribution in [1.29, 1.82) is 0 Å². The molecule has 0 bridgehead atoms. The zero-order valence-electron chi connectivity index (χ0n) is 12.6. The first-order valence-electron chi connectivity index (χ1n) is 6.87. The average Bonchev–Trinajstić information content (AvgIpc) is 2.43. The predicted octanol–water partition coefficient (Wildman–Crippen LogP) is 1.44. The Labute approximate surface area is 136 Å². The topological polar surface area (TPSA) is 71.5 Å². The Balaban J connectivity index is 2.54. The van der Waals surface area contributed by atoms with Gasteiger partial charge in [0.2, 0.25) is 0 Å². The number of rotatable bonds is 4. The van der Waals surface area contributed by atoms with Crippen molar-refractivity contribution in [3.8, 4) is 0 Å². The van der Waals surface area contributed by atoms with Crippen LogP contribution < -0.4 is 15.9 Å². The van der Waals surface area contributed by atoms with E-state index in [-0.39, 0.29) is 16.1 Å². The summed E-state index contributed by atoms with van der Waals surface area (Å²) in [7, 11) is 0. The van der Waals surface area contributed by atoms with Crippen LogP contribution in [0.4, 0.5) is 26.3 Å². The molecule has 0 aromatic carbocycles. The molecule has 0 spiro atoms. The van der Waals surface area contributed by atoms with Crippen LogP contribution in [0.5, 0.6) is 0 Å². The maximum Gasteiger partial charge on any atom is 0.572 e.